The van der Waals surface area contributed by atoms with E-state index in [-0.39, 0.29) is 18.6 Å². The molecule has 1 aliphatic heterocycles. The Kier molecular flexibility index (Phi) is 6.12. The molecule has 140 valence electrons. The van der Waals surface area contributed by atoms with E-state index in [1.165, 1.54) is 0 Å². The minimum Gasteiger partial charge on any atom is -0.478 e. The summed E-state index contributed by atoms with van der Waals surface area (Å²) in [6, 6.07) is 5.78. The molecule has 2 atom stereocenters. The van der Waals surface area contributed by atoms with Crippen LogP contribution in [-0.2, 0) is 9.53 Å². The highest BCUT2D eigenvalue weighted by atomic mass is 16.5. The van der Waals surface area contributed by atoms with E-state index in [0.29, 0.717) is 19.1 Å². The fourth-order valence-electron chi connectivity index (χ4n) is 3.23. The van der Waals surface area contributed by atoms with E-state index in [9.17, 15) is 9.90 Å². The lowest BCUT2D eigenvalue weighted by molar-refractivity contribution is -0.149. The number of hydrogen-bond acceptors (Lipinski definition) is 4. The lowest BCUT2D eigenvalue weighted by Gasteiger charge is -2.36. The van der Waals surface area contributed by atoms with Crippen LogP contribution in [0.5, 0.6) is 5.75 Å². The van der Waals surface area contributed by atoms with Gasteiger partial charge in [0.2, 0.25) is 0 Å². The molecule has 25 heavy (non-hydrogen) atoms. The third kappa shape index (κ3) is 4.33. The summed E-state index contributed by atoms with van der Waals surface area (Å²) in [7, 11) is 0. The molecule has 1 saturated heterocycles. The summed E-state index contributed by atoms with van der Waals surface area (Å²) in [5.74, 6) is 0.905. The maximum absolute atomic E-state index is 13.1. The van der Waals surface area contributed by atoms with Crippen LogP contribution >= 0.6 is 0 Å². The number of ether oxygens (including phenoxy) is 2. The number of rotatable bonds is 6. The van der Waals surface area contributed by atoms with Crippen LogP contribution in [-0.4, -0.2) is 53.4 Å². The quantitative estimate of drug-likeness (QED) is 0.858. The fourth-order valence-corrected chi connectivity index (χ4v) is 3.23. The first-order valence-electron chi connectivity index (χ1n) is 9.03. The molecule has 0 saturated carbocycles. The van der Waals surface area contributed by atoms with Crippen LogP contribution in [0.25, 0.3) is 0 Å². The van der Waals surface area contributed by atoms with Gasteiger partial charge in [0.05, 0.1) is 25.4 Å². The van der Waals surface area contributed by atoms with Crippen molar-refractivity contribution in [2.24, 2.45) is 0 Å². The van der Waals surface area contributed by atoms with Gasteiger partial charge in [0.25, 0.3) is 5.91 Å². The predicted molar refractivity (Wildman–Crippen MR) is 98.0 cm³/mol. The van der Waals surface area contributed by atoms with Crippen molar-refractivity contribution in [1.29, 1.82) is 0 Å². The molecule has 1 aromatic rings. The average Bonchev–Trinajstić information content (AvgIpc) is 2.93. The molecule has 0 radical (unpaired) electrons. The van der Waals surface area contributed by atoms with E-state index in [4.69, 9.17) is 9.47 Å². The zero-order valence-electron chi connectivity index (χ0n) is 16.2. The summed E-state index contributed by atoms with van der Waals surface area (Å²) >= 11 is 0. The molecule has 1 heterocycles. The highest BCUT2D eigenvalue weighted by Gasteiger charge is 2.41. The summed E-state index contributed by atoms with van der Waals surface area (Å²) in [6.07, 6.45) is -0.648. The Bertz CT molecular complexity index is 612. The standard InChI is InChI=1S/C20H31NO4/c1-7-21(16-11-24-12-17(16)22)19(23)20(5,6)25-18-10-14(4)8-9-15(18)13(2)3/h8-10,13,16-17,22H,7,11-12H2,1-6H3/t16-,17-/m1/s1. The first-order chi connectivity index (χ1) is 11.7. The maximum atomic E-state index is 13.1. The second-order valence-electron chi connectivity index (χ2n) is 7.57. The van der Waals surface area contributed by atoms with Crippen LogP contribution < -0.4 is 4.74 Å². The molecule has 5 heteroatoms. The molecular weight excluding hydrogens is 318 g/mol. The van der Waals surface area contributed by atoms with Crippen LogP contribution in [0.1, 0.15) is 51.7 Å². The molecule has 0 bridgehead atoms. The Labute approximate surface area is 150 Å². The number of amides is 1. The average molecular weight is 349 g/mol. The molecule has 0 aromatic heterocycles. The van der Waals surface area contributed by atoms with E-state index in [1.54, 1.807) is 18.7 Å². The van der Waals surface area contributed by atoms with Gasteiger partial charge in [-0.3, -0.25) is 4.79 Å². The lowest BCUT2D eigenvalue weighted by Crippen LogP contribution is -2.55. The monoisotopic (exact) mass is 349 g/mol. The van der Waals surface area contributed by atoms with Crippen LogP contribution in [0.3, 0.4) is 0 Å². The largest absolute Gasteiger partial charge is 0.478 e. The summed E-state index contributed by atoms with van der Waals surface area (Å²) in [5, 5.41) is 10.1. The molecule has 1 aliphatic rings. The summed E-state index contributed by atoms with van der Waals surface area (Å²) in [5.41, 5.74) is 1.14. The second kappa shape index (κ2) is 7.75. The van der Waals surface area contributed by atoms with Crippen molar-refractivity contribution in [2.75, 3.05) is 19.8 Å². The number of benzene rings is 1. The number of nitrogens with zero attached hydrogens (tertiary/aromatic N) is 1. The van der Waals surface area contributed by atoms with Gasteiger partial charge >= 0.3 is 0 Å². The van der Waals surface area contributed by atoms with Crippen molar-refractivity contribution in [3.05, 3.63) is 29.3 Å². The van der Waals surface area contributed by atoms with Gasteiger partial charge in [-0.25, -0.2) is 0 Å². The van der Waals surface area contributed by atoms with Crippen molar-refractivity contribution >= 4 is 5.91 Å². The number of carbonyl (C=O) groups excluding carboxylic acids is 1. The van der Waals surface area contributed by atoms with E-state index < -0.39 is 11.7 Å². The third-order valence-corrected chi connectivity index (χ3v) is 4.69. The van der Waals surface area contributed by atoms with Crippen LogP contribution in [0.15, 0.2) is 18.2 Å². The minimum atomic E-state index is -1.03. The van der Waals surface area contributed by atoms with Crippen LogP contribution in [0, 0.1) is 6.92 Å². The number of likely N-dealkylation sites (N-methyl/N-ethyl adjacent to an activating group) is 1. The van der Waals surface area contributed by atoms with E-state index in [0.717, 1.165) is 16.9 Å². The lowest BCUT2D eigenvalue weighted by atomic mass is 9.99. The summed E-state index contributed by atoms with van der Waals surface area (Å²) in [6.45, 7) is 12.8. The van der Waals surface area contributed by atoms with Gasteiger partial charge in [0.15, 0.2) is 5.60 Å². The molecular formula is C20H31NO4. The summed E-state index contributed by atoms with van der Waals surface area (Å²) < 4.78 is 11.5. The fraction of sp³-hybridized carbons (Fsp3) is 0.650. The number of hydrogen-bond donors (Lipinski definition) is 1. The van der Waals surface area contributed by atoms with Crippen LogP contribution in [0.4, 0.5) is 0 Å². The SMILES string of the molecule is CCN(C(=O)C(C)(C)Oc1cc(C)ccc1C(C)C)[C@@H]1COC[C@H]1O. The minimum absolute atomic E-state index is 0.138. The van der Waals surface area contributed by atoms with Gasteiger partial charge in [-0.15, -0.1) is 0 Å². The van der Waals surface area contributed by atoms with Gasteiger partial charge in [-0.1, -0.05) is 26.0 Å². The van der Waals surface area contributed by atoms with Gasteiger partial charge < -0.3 is 19.5 Å². The molecule has 5 nitrogen and oxygen atoms in total. The van der Waals surface area contributed by atoms with E-state index >= 15 is 0 Å². The Balaban J connectivity index is 2.25. The van der Waals surface area contributed by atoms with E-state index in [1.807, 2.05) is 19.9 Å². The van der Waals surface area contributed by atoms with Crippen molar-refractivity contribution in [1.82, 2.24) is 4.90 Å². The molecule has 1 amide bonds. The van der Waals surface area contributed by atoms with Crippen LogP contribution in [0.2, 0.25) is 0 Å². The Morgan fingerprint density at radius 2 is 2.08 bits per heavy atom. The number of aliphatic hydroxyl groups is 1. The molecule has 2 rings (SSSR count). The second-order valence-corrected chi connectivity index (χ2v) is 7.57. The van der Waals surface area contributed by atoms with Crippen molar-refractivity contribution < 1.29 is 19.4 Å². The third-order valence-electron chi connectivity index (χ3n) is 4.69. The molecule has 0 spiro atoms. The maximum Gasteiger partial charge on any atom is 0.266 e. The molecule has 1 N–H and O–H groups in total. The smallest absolute Gasteiger partial charge is 0.266 e. The van der Waals surface area contributed by atoms with Gasteiger partial charge in [0.1, 0.15) is 5.75 Å². The highest BCUT2D eigenvalue weighted by molar-refractivity contribution is 5.85. The zero-order chi connectivity index (χ0) is 18.8. The predicted octanol–water partition coefficient (Wildman–Crippen LogP) is 2.88. The topological polar surface area (TPSA) is 59.0 Å². The number of carbonyl (C=O) groups is 1. The van der Waals surface area contributed by atoms with E-state index in [2.05, 4.69) is 26.0 Å². The van der Waals surface area contributed by atoms with Crippen molar-refractivity contribution in [2.45, 2.75) is 65.2 Å². The molecule has 0 unspecified atom stereocenters. The first kappa shape index (κ1) is 19.7. The molecule has 1 fully saturated rings. The Morgan fingerprint density at radius 1 is 1.40 bits per heavy atom. The Hall–Kier alpha value is -1.59. The summed E-state index contributed by atoms with van der Waals surface area (Å²) in [4.78, 5) is 14.8. The van der Waals surface area contributed by atoms with Gasteiger partial charge in [-0.2, -0.15) is 0 Å². The molecule has 1 aromatic carbocycles. The zero-order valence-corrected chi connectivity index (χ0v) is 16.2. The van der Waals surface area contributed by atoms with Gasteiger partial charge in [-0.05, 0) is 50.8 Å². The molecule has 0 aliphatic carbocycles. The first-order valence-corrected chi connectivity index (χ1v) is 9.03. The normalized spacial score (nSPS) is 20.8. The highest BCUT2D eigenvalue weighted by Crippen LogP contribution is 2.31. The number of aryl methyl sites for hydroxylation is 1. The Morgan fingerprint density at radius 3 is 2.60 bits per heavy atom. The van der Waals surface area contributed by atoms with Crippen molar-refractivity contribution in [3.8, 4) is 5.75 Å². The van der Waals surface area contributed by atoms with Crippen molar-refractivity contribution in [3.63, 3.8) is 0 Å². The van der Waals surface area contributed by atoms with Gasteiger partial charge in [0, 0.05) is 6.54 Å². The number of aliphatic hydroxyl groups excluding tert-OH is 1.